The molecule has 4 heteroatoms. The highest BCUT2D eigenvalue weighted by atomic mass is 15.2. The topological polar surface area (TPSA) is 41.1 Å². The summed E-state index contributed by atoms with van der Waals surface area (Å²) in [4.78, 5) is 11.1. The van der Waals surface area contributed by atoms with Gasteiger partial charge in [0.05, 0.1) is 0 Å². The van der Waals surface area contributed by atoms with Crippen LogP contribution in [0, 0.1) is 6.92 Å². The number of aromatic nitrogens is 2. The SMILES string of the molecule is CCc1c(C)ncnc1N1CCCNCC1. The fraction of sp³-hybridized carbons (Fsp3) is 0.667. The van der Waals surface area contributed by atoms with E-state index in [2.05, 4.69) is 34.0 Å². The van der Waals surface area contributed by atoms with E-state index in [0.29, 0.717) is 0 Å². The van der Waals surface area contributed by atoms with E-state index in [1.165, 1.54) is 12.0 Å². The Morgan fingerprint density at radius 2 is 2.19 bits per heavy atom. The number of hydrogen-bond acceptors (Lipinski definition) is 4. The predicted molar refractivity (Wildman–Crippen MR) is 65.8 cm³/mol. The molecule has 4 nitrogen and oxygen atoms in total. The van der Waals surface area contributed by atoms with E-state index >= 15 is 0 Å². The highest BCUT2D eigenvalue weighted by molar-refractivity contribution is 5.48. The molecule has 0 aliphatic carbocycles. The zero-order chi connectivity index (χ0) is 11.4. The predicted octanol–water partition coefficient (Wildman–Crippen LogP) is 1.15. The lowest BCUT2D eigenvalue weighted by molar-refractivity contribution is 0.724. The first kappa shape index (κ1) is 11.3. The first-order chi connectivity index (χ1) is 7.83. The van der Waals surface area contributed by atoms with Crippen LogP contribution in [-0.2, 0) is 6.42 Å². The highest BCUT2D eigenvalue weighted by Gasteiger charge is 2.15. The molecule has 0 aromatic carbocycles. The van der Waals surface area contributed by atoms with Gasteiger partial charge in [-0.2, -0.15) is 0 Å². The second-order valence-electron chi connectivity index (χ2n) is 4.21. The molecule has 1 aliphatic heterocycles. The van der Waals surface area contributed by atoms with Crippen LogP contribution < -0.4 is 10.2 Å². The average Bonchev–Trinajstić information content (AvgIpc) is 2.57. The van der Waals surface area contributed by atoms with Crippen LogP contribution in [0.2, 0.25) is 0 Å². The Morgan fingerprint density at radius 3 is 3.00 bits per heavy atom. The first-order valence-corrected chi connectivity index (χ1v) is 6.09. The van der Waals surface area contributed by atoms with E-state index in [0.717, 1.165) is 44.1 Å². The zero-order valence-electron chi connectivity index (χ0n) is 10.2. The van der Waals surface area contributed by atoms with Crippen molar-refractivity contribution in [2.45, 2.75) is 26.7 Å². The minimum atomic E-state index is 1.01. The van der Waals surface area contributed by atoms with E-state index in [9.17, 15) is 0 Å². The Balaban J connectivity index is 2.27. The second kappa shape index (κ2) is 5.25. The minimum absolute atomic E-state index is 1.01. The molecule has 88 valence electrons. The van der Waals surface area contributed by atoms with Gasteiger partial charge in [-0.25, -0.2) is 9.97 Å². The monoisotopic (exact) mass is 220 g/mol. The van der Waals surface area contributed by atoms with Gasteiger partial charge in [-0.05, 0) is 26.3 Å². The van der Waals surface area contributed by atoms with Gasteiger partial charge in [-0.3, -0.25) is 0 Å². The van der Waals surface area contributed by atoms with Crippen LogP contribution in [0.5, 0.6) is 0 Å². The molecule has 0 bridgehead atoms. The summed E-state index contributed by atoms with van der Waals surface area (Å²) in [5.41, 5.74) is 2.41. The quantitative estimate of drug-likeness (QED) is 0.811. The normalized spacial score (nSPS) is 17.2. The lowest BCUT2D eigenvalue weighted by Gasteiger charge is -2.23. The summed E-state index contributed by atoms with van der Waals surface area (Å²) >= 11 is 0. The number of rotatable bonds is 2. The van der Waals surface area contributed by atoms with Gasteiger partial charge >= 0.3 is 0 Å². The molecule has 0 unspecified atom stereocenters. The van der Waals surface area contributed by atoms with Crippen LogP contribution in [0.1, 0.15) is 24.6 Å². The van der Waals surface area contributed by atoms with Gasteiger partial charge in [-0.15, -0.1) is 0 Å². The molecule has 0 radical (unpaired) electrons. The summed E-state index contributed by atoms with van der Waals surface area (Å²) in [5, 5.41) is 3.41. The number of nitrogens with one attached hydrogen (secondary N) is 1. The third-order valence-electron chi connectivity index (χ3n) is 3.13. The van der Waals surface area contributed by atoms with Crippen LogP contribution in [0.3, 0.4) is 0 Å². The van der Waals surface area contributed by atoms with Crippen molar-refractivity contribution in [3.05, 3.63) is 17.6 Å². The largest absolute Gasteiger partial charge is 0.355 e. The highest BCUT2D eigenvalue weighted by Crippen LogP contribution is 2.20. The van der Waals surface area contributed by atoms with Crippen LogP contribution in [0.25, 0.3) is 0 Å². The average molecular weight is 220 g/mol. The van der Waals surface area contributed by atoms with Gasteiger partial charge in [0.1, 0.15) is 12.1 Å². The summed E-state index contributed by atoms with van der Waals surface area (Å²) in [6.45, 7) is 8.54. The third-order valence-corrected chi connectivity index (χ3v) is 3.13. The van der Waals surface area contributed by atoms with Gasteiger partial charge < -0.3 is 10.2 Å². The van der Waals surface area contributed by atoms with Gasteiger partial charge in [0.25, 0.3) is 0 Å². The molecule has 2 rings (SSSR count). The number of hydrogen-bond donors (Lipinski definition) is 1. The maximum absolute atomic E-state index is 4.46. The molecule has 0 atom stereocenters. The Labute approximate surface area is 97.1 Å². The number of aryl methyl sites for hydroxylation is 1. The van der Waals surface area contributed by atoms with Crippen molar-refractivity contribution in [1.82, 2.24) is 15.3 Å². The van der Waals surface area contributed by atoms with E-state index in [-0.39, 0.29) is 0 Å². The zero-order valence-corrected chi connectivity index (χ0v) is 10.2. The summed E-state index contributed by atoms with van der Waals surface area (Å²) in [6.07, 6.45) is 3.88. The van der Waals surface area contributed by atoms with E-state index in [1.807, 2.05) is 0 Å². The van der Waals surface area contributed by atoms with Crippen molar-refractivity contribution in [3.63, 3.8) is 0 Å². The molecule has 1 aromatic rings. The smallest absolute Gasteiger partial charge is 0.135 e. The Bertz CT molecular complexity index is 343. The molecule has 0 amide bonds. The summed E-state index contributed by atoms with van der Waals surface area (Å²) in [6, 6.07) is 0. The van der Waals surface area contributed by atoms with Crippen molar-refractivity contribution in [2.24, 2.45) is 0 Å². The van der Waals surface area contributed by atoms with Crippen LogP contribution in [0.15, 0.2) is 6.33 Å². The van der Waals surface area contributed by atoms with Crippen molar-refractivity contribution in [3.8, 4) is 0 Å². The summed E-state index contributed by atoms with van der Waals surface area (Å²) in [5.74, 6) is 1.14. The van der Waals surface area contributed by atoms with Gasteiger partial charge in [-0.1, -0.05) is 6.92 Å². The molecule has 16 heavy (non-hydrogen) atoms. The Hall–Kier alpha value is -1.16. The molecule has 1 N–H and O–H groups in total. The maximum Gasteiger partial charge on any atom is 0.135 e. The van der Waals surface area contributed by atoms with Crippen LogP contribution in [0.4, 0.5) is 5.82 Å². The lowest BCUT2D eigenvalue weighted by Crippen LogP contribution is -2.29. The lowest BCUT2D eigenvalue weighted by atomic mass is 10.1. The minimum Gasteiger partial charge on any atom is -0.355 e. The molecule has 0 saturated carbocycles. The summed E-state index contributed by atoms with van der Waals surface area (Å²) < 4.78 is 0. The Morgan fingerprint density at radius 1 is 1.31 bits per heavy atom. The van der Waals surface area contributed by atoms with Crippen molar-refractivity contribution in [2.75, 3.05) is 31.1 Å². The molecule has 1 aromatic heterocycles. The molecule has 1 fully saturated rings. The fourth-order valence-corrected chi connectivity index (χ4v) is 2.23. The second-order valence-corrected chi connectivity index (χ2v) is 4.21. The van der Waals surface area contributed by atoms with Gasteiger partial charge in [0.2, 0.25) is 0 Å². The third kappa shape index (κ3) is 2.32. The van der Waals surface area contributed by atoms with Gasteiger partial charge in [0, 0.05) is 30.9 Å². The summed E-state index contributed by atoms with van der Waals surface area (Å²) in [7, 11) is 0. The molecule has 1 saturated heterocycles. The molecule has 0 spiro atoms. The number of anilines is 1. The maximum atomic E-state index is 4.46. The molecular formula is C12H20N4. The van der Waals surface area contributed by atoms with Crippen molar-refractivity contribution < 1.29 is 0 Å². The van der Waals surface area contributed by atoms with E-state index in [4.69, 9.17) is 0 Å². The molecular weight excluding hydrogens is 200 g/mol. The van der Waals surface area contributed by atoms with E-state index < -0.39 is 0 Å². The standard InChI is InChI=1S/C12H20N4/c1-3-11-10(2)14-9-15-12(11)16-7-4-5-13-6-8-16/h9,13H,3-8H2,1-2H3. The van der Waals surface area contributed by atoms with Crippen LogP contribution >= 0.6 is 0 Å². The first-order valence-electron chi connectivity index (χ1n) is 6.09. The Kier molecular flexibility index (Phi) is 3.72. The van der Waals surface area contributed by atoms with Crippen molar-refractivity contribution >= 4 is 5.82 Å². The van der Waals surface area contributed by atoms with Gasteiger partial charge in [0.15, 0.2) is 0 Å². The number of nitrogens with zero attached hydrogens (tertiary/aromatic N) is 3. The molecule has 1 aliphatic rings. The molecule has 2 heterocycles. The van der Waals surface area contributed by atoms with E-state index in [1.54, 1.807) is 6.33 Å². The fourth-order valence-electron chi connectivity index (χ4n) is 2.23. The van der Waals surface area contributed by atoms with Crippen molar-refractivity contribution in [1.29, 1.82) is 0 Å². The van der Waals surface area contributed by atoms with Crippen LogP contribution in [-0.4, -0.2) is 36.1 Å².